The van der Waals surface area contributed by atoms with E-state index in [2.05, 4.69) is 0 Å². The molecule has 2 aromatic rings. The third-order valence-electron chi connectivity index (χ3n) is 3.70. The first kappa shape index (κ1) is 19.2. The Morgan fingerprint density at radius 2 is 1.42 bits per heavy atom. The number of aliphatic carboxylic acids is 1. The van der Waals surface area contributed by atoms with Crippen LogP contribution in [-0.4, -0.2) is 40.8 Å². The Morgan fingerprint density at radius 1 is 0.923 bits per heavy atom. The quantitative estimate of drug-likeness (QED) is 0.731. The summed E-state index contributed by atoms with van der Waals surface area (Å²) in [5, 5.41) is 8.93. The molecule has 0 aromatic heterocycles. The first-order chi connectivity index (χ1) is 12.4. The first-order valence-electron chi connectivity index (χ1n) is 8.30. The molecule has 1 amide bonds. The van der Waals surface area contributed by atoms with Crippen LogP contribution in [0.2, 0.25) is 0 Å². The zero-order valence-corrected chi connectivity index (χ0v) is 14.8. The highest BCUT2D eigenvalue weighted by molar-refractivity contribution is 5.96. The molecule has 0 aliphatic carbocycles. The van der Waals surface area contributed by atoms with Crippen LogP contribution < -0.4 is 4.74 Å². The van der Waals surface area contributed by atoms with Gasteiger partial charge in [0.25, 0.3) is 5.91 Å². The van der Waals surface area contributed by atoms with Gasteiger partial charge in [0.15, 0.2) is 5.78 Å². The minimum absolute atomic E-state index is 0.0163. The van der Waals surface area contributed by atoms with E-state index in [0.717, 1.165) is 0 Å². The van der Waals surface area contributed by atoms with Gasteiger partial charge in [0, 0.05) is 17.7 Å². The largest absolute Gasteiger partial charge is 0.480 e. The van der Waals surface area contributed by atoms with Crippen molar-refractivity contribution in [1.82, 2.24) is 4.90 Å². The minimum atomic E-state index is -1.04. The van der Waals surface area contributed by atoms with Crippen molar-refractivity contribution in [1.29, 1.82) is 0 Å². The Balaban J connectivity index is 2.07. The van der Waals surface area contributed by atoms with Crippen LogP contribution in [0.4, 0.5) is 0 Å². The summed E-state index contributed by atoms with van der Waals surface area (Å²) in [6, 6.07) is 13.3. The summed E-state index contributed by atoms with van der Waals surface area (Å²) in [6.45, 7) is 3.44. The van der Waals surface area contributed by atoms with E-state index in [1.807, 2.05) is 6.92 Å². The number of carboxylic acid groups (broad SMARTS) is 1. The Labute approximate surface area is 152 Å². The lowest BCUT2D eigenvalue weighted by molar-refractivity contribution is -0.137. The van der Waals surface area contributed by atoms with Crippen molar-refractivity contribution in [2.75, 3.05) is 13.1 Å². The molecule has 26 heavy (non-hydrogen) atoms. The van der Waals surface area contributed by atoms with Crippen molar-refractivity contribution >= 4 is 17.7 Å². The molecule has 0 atom stereocenters. The topological polar surface area (TPSA) is 83.9 Å². The van der Waals surface area contributed by atoms with Crippen molar-refractivity contribution in [2.24, 2.45) is 0 Å². The fourth-order valence-electron chi connectivity index (χ4n) is 2.43. The predicted octanol–water partition coefficient (Wildman–Crippen LogP) is 3.62. The van der Waals surface area contributed by atoms with Crippen LogP contribution in [-0.2, 0) is 4.79 Å². The minimum Gasteiger partial charge on any atom is -0.480 e. The first-order valence-corrected chi connectivity index (χ1v) is 8.30. The molecule has 136 valence electrons. The van der Waals surface area contributed by atoms with Gasteiger partial charge in [-0.1, -0.05) is 6.92 Å². The summed E-state index contributed by atoms with van der Waals surface area (Å²) in [5.74, 6) is -0.269. The molecule has 2 rings (SSSR count). The molecular formula is C20H21NO5. The van der Waals surface area contributed by atoms with E-state index in [-0.39, 0.29) is 18.2 Å². The number of rotatable bonds is 8. The van der Waals surface area contributed by atoms with Gasteiger partial charge in [-0.05, 0) is 61.9 Å². The van der Waals surface area contributed by atoms with E-state index in [9.17, 15) is 14.4 Å². The summed E-state index contributed by atoms with van der Waals surface area (Å²) in [5.41, 5.74) is 1.01. The van der Waals surface area contributed by atoms with Crippen LogP contribution >= 0.6 is 0 Å². The Hall–Kier alpha value is -3.15. The predicted molar refractivity (Wildman–Crippen MR) is 96.8 cm³/mol. The highest BCUT2D eigenvalue weighted by Gasteiger charge is 2.17. The SMILES string of the molecule is CCCN(CC(=O)O)C(=O)c1ccc(Oc2ccc(C(C)=O)cc2)cc1. The fourth-order valence-corrected chi connectivity index (χ4v) is 2.43. The monoisotopic (exact) mass is 355 g/mol. The molecule has 0 fully saturated rings. The van der Waals surface area contributed by atoms with Gasteiger partial charge in [0.1, 0.15) is 18.0 Å². The van der Waals surface area contributed by atoms with E-state index in [1.165, 1.54) is 11.8 Å². The summed E-state index contributed by atoms with van der Waals surface area (Å²) in [6.07, 6.45) is 0.677. The summed E-state index contributed by atoms with van der Waals surface area (Å²) in [7, 11) is 0. The van der Waals surface area contributed by atoms with Gasteiger partial charge in [-0.25, -0.2) is 0 Å². The van der Waals surface area contributed by atoms with Gasteiger partial charge in [0.05, 0.1) is 0 Å². The molecule has 0 unspecified atom stereocenters. The molecule has 0 heterocycles. The van der Waals surface area contributed by atoms with Crippen molar-refractivity contribution in [3.05, 3.63) is 59.7 Å². The molecule has 2 aromatic carbocycles. The number of ether oxygens (including phenoxy) is 1. The number of hydrogen-bond donors (Lipinski definition) is 1. The van der Waals surface area contributed by atoms with Crippen LogP contribution in [0.25, 0.3) is 0 Å². The summed E-state index contributed by atoms with van der Waals surface area (Å²) < 4.78 is 5.69. The molecular weight excluding hydrogens is 334 g/mol. The van der Waals surface area contributed by atoms with Gasteiger partial charge < -0.3 is 14.7 Å². The van der Waals surface area contributed by atoms with Crippen molar-refractivity contribution in [2.45, 2.75) is 20.3 Å². The number of hydrogen-bond acceptors (Lipinski definition) is 4. The number of carbonyl (C=O) groups excluding carboxylic acids is 2. The molecule has 0 bridgehead atoms. The van der Waals surface area contributed by atoms with Crippen molar-refractivity contribution < 1.29 is 24.2 Å². The van der Waals surface area contributed by atoms with Crippen LogP contribution in [0.3, 0.4) is 0 Å². The number of carbonyl (C=O) groups is 3. The Morgan fingerprint density at radius 3 is 1.85 bits per heavy atom. The van der Waals surface area contributed by atoms with Crippen molar-refractivity contribution in [3.63, 3.8) is 0 Å². The lowest BCUT2D eigenvalue weighted by Crippen LogP contribution is -2.36. The molecule has 0 saturated carbocycles. The van der Waals surface area contributed by atoms with E-state index in [0.29, 0.717) is 35.6 Å². The second-order valence-electron chi connectivity index (χ2n) is 5.83. The number of carboxylic acids is 1. The highest BCUT2D eigenvalue weighted by Crippen LogP contribution is 2.22. The molecule has 6 nitrogen and oxygen atoms in total. The third-order valence-corrected chi connectivity index (χ3v) is 3.70. The van der Waals surface area contributed by atoms with E-state index in [4.69, 9.17) is 9.84 Å². The molecule has 1 N–H and O–H groups in total. The molecule has 6 heteroatoms. The van der Waals surface area contributed by atoms with E-state index >= 15 is 0 Å². The smallest absolute Gasteiger partial charge is 0.323 e. The highest BCUT2D eigenvalue weighted by atomic mass is 16.5. The lowest BCUT2D eigenvalue weighted by Gasteiger charge is -2.20. The number of benzene rings is 2. The standard InChI is InChI=1S/C20H21NO5/c1-3-12-21(13-19(23)24)20(25)16-6-10-18(11-7-16)26-17-8-4-15(5-9-17)14(2)22/h4-11H,3,12-13H2,1-2H3,(H,23,24). The normalized spacial score (nSPS) is 10.2. The van der Waals surface area contributed by atoms with Gasteiger partial charge in [-0.3, -0.25) is 14.4 Å². The maximum atomic E-state index is 12.4. The lowest BCUT2D eigenvalue weighted by atomic mass is 10.1. The maximum Gasteiger partial charge on any atom is 0.323 e. The number of Topliss-reactive ketones (excluding diaryl/α,β-unsaturated/α-hetero) is 1. The second-order valence-corrected chi connectivity index (χ2v) is 5.83. The molecule has 0 radical (unpaired) electrons. The number of amides is 1. The van der Waals surface area contributed by atoms with E-state index in [1.54, 1.807) is 48.5 Å². The van der Waals surface area contributed by atoms with Gasteiger partial charge >= 0.3 is 5.97 Å². The van der Waals surface area contributed by atoms with E-state index < -0.39 is 5.97 Å². The Kier molecular flexibility index (Phi) is 6.49. The summed E-state index contributed by atoms with van der Waals surface area (Å²) >= 11 is 0. The van der Waals surface area contributed by atoms with Crippen molar-refractivity contribution in [3.8, 4) is 11.5 Å². The van der Waals surface area contributed by atoms with Crippen LogP contribution in [0.5, 0.6) is 11.5 Å². The maximum absolute atomic E-state index is 12.4. The fraction of sp³-hybridized carbons (Fsp3) is 0.250. The van der Waals surface area contributed by atoms with Crippen LogP contribution in [0.1, 0.15) is 41.0 Å². The Bertz CT molecular complexity index is 781. The third kappa shape index (κ3) is 5.17. The molecule has 0 saturated heterocycles. The zero-order valence-electron chi connectivity index (χ0n) is 14.8. The second kappa shape index (κ2) is 8.80. The molecule has 0 aliphatic rings. The average Bonchev–Trinajstić information content (AvgIpc) is 2.61. The van der Waals surface area contributed by atoms with Crippen LogP contribution in [0.15, 0.2) is 48.5 Å². The number of nitrogens with zero attached hydrogens (tertiary/aromatic N) is 1. The van der Waals surface area contributed by atoms with Crippen LogP contribution in [0, 0.1) is 0 Å². The average molecular weight is 355 g/mol. The molecule has 0 aliphatic heterocycles. The number of ketones is 1. The van der Waals surface area contributed by atoms with Gasteiger partial charge in [-0.2, -0.15) is 0 Å². The summed E-state index contributed by atoms with van der Waals surface area (Å²) in [4.78, 5) is 35.9. The zero-order chi connectivity index (χ0) is 19.1. The van der Waals surface area contributed by atoms with Gasteiger partial charge in [-0.15, -0.1) is 0 Å². The molecule has 0 spiro atoms. The van der Waals surface area contributed by atoms with Gasteiger partial charge in [0.2, 0.25) is 0 Å².